The summed E-state index contributed by atoms with van der Waals surface area (Å²) in [4.78, 5) is 5.42. The summed E-state index contributed by atoms with van der Waals surface area (Å²) in [6.45, 7) is 0. The normalized spacial score (nSPS) is 10.5. The molecule has 0 unspecified atom stereocenters. The molecule has 3 aromatic rings. The molecule has 2 aromatic carbocycles. The van der Waals surface area contributed by atoms with Crippen LogP contribution in [0.4, 0.5) is 5.13 Å². The van der Waals surface area contributed by atoms with Crippen molar-refractivity contribution in [2.75, 3.05) is 34.2 Å². The van der Waals surface area contributed by atoms with E-state index in [1.165, 1.54) is 11.3 Å². The summed E-state index contributed by atoms with van der Waals surface area (Å²) in [6.07, 6.45) is 0. The zero-order valence-corrected chi connectivity index (χ0v) is 15.8. The monoisotopic (exact) mass is 372 g/mol. The number of methoxy groups -OCH3 is 4. The van der Waals surface area contributed by atoms with Crippen LogP contribution in [0.1, 0.15) is 0 Å². The molecule has 136 valence electrons. The van der Waals surface area contributed by atoms with Crippen LogP contribution in [-0.2, 0) is 0 Å². The van der Waals surface area contributed by atoms with Gasteiger partial charge in [0.15, 0.2) is 16.6 Å². The predicted octanol–water partition coefficient (Wildman–Crippen LogP) is 4.09. The van der Waals surface area contributed by atoms with E-state index in [-0.39, 0.29) is 0 Å². The minimum Gasteiger partial charge on any atom is -0.496 e. The summed E-state index contributed by atoms with van der Waals surface area (Å²) >= 11 is 1.39. The first kappa shape index (κ1) is 17.9. The van der Waals surface area contributed by atoms with E-state index in [1.54, 1.807) is 28.4 Å². The number of para-hydroxylation sites is 1. The van der Waals surface area contributed by atoms with Gasteiger partial charge in [-0.2, -0.15) is 0 Å². The minimum absolute atomic E-state index is 0.467. The van der Waals surface area contributed by atoms with Crippen LogP contribution in [0, 0.1) is 0 Å². The highest BCUT2D eigenvalue weighted by molar-refractivity contribution is 7.19. The second kappa shape index (κ2) is 7.53. The number of nitrogens with two attached hydrogens (primary N) is 1. The summed E-state index contributed by atoms with van der Waals surface area (Å²) in [6, 6.07) is 11.5. The number of aromatic nitrogens is 1. The molecule has 1 aromatic heterocycles. The van der Waals surface area contributed by atoms with Crippen molar-refractivity contribution in [1.29, 1.82) is 0 Å². The molecule has 0 amide bonds. The fourth-order valence-corrected chi connectivity index (χ4v) is 3.60. The summed E-state index contributed by atoms with van der Waals surface area (Å²) in [5.41, 5.74) is 8.51. The number of nitrogen functional groups attached to an aromatic ring is 1. The topological polar surface area (TPSA) is 75.8 Å². The first-order chi connectivity index (χ1) is 12.6. The highest BCUT2D eigenvalue weighted by atomic mass is 32.1. The minimum atomic E-state index is 0.467. The summed E-state index contributed by atoms with van der Waals surface area (Å²) < 4.78 is 21.8. The first-order valence-electron chi connectivity index (χ1n) is 7.83. The lowest BCUT2D eigenvalue weighted by atomic mass is 10.0. The number of hydrogen-bond acceptors (Lipinski definition) is 7. The summed E-state index contributed by atoms with van der Waals surface area (Å²) in [5, 5.41) is 0.467. The Morgan fingerprint density at radius 3 is 2.04 bits per heavy atom. The third kappa shape index (κ3) is 3.13. The number of thiazole rings is 1. The fraction of sp³-hybridized carbons (Fsp3) is 0.211. The molecule has 0 aliphatic heterocycles. The Balaban J connectivity index is 2.23. The molecule has 0 spiro atoms. The number of nitrogens with zero attached hydrogens (tertiary/aromatic N) is 1. The molecular weight excluding hydrogens is 352 g/mol. The molecule has 0 aliphatic carbocycles. The van der Waals surface area contributed by atoms with Crippen molar-refractivity contribution in [1.82, 2.24) is 4.98 Å². The third-order valence-corrected chi connectivity index (χ3v) is 4.87. The average molecular weight is 372 g/mol. The van der Waals surface area contributed by atoms with Crippen LogP contribution < -0.4 is 24.7 Å². The Labute approximate surface area is 156 Å². The van der Waals surface area contributed by atoms with Crippen LogP contribution in [0.3, 0.4) is 0 Å². The van der Waals surface area contributed by atoms with Gasteiger partial charge in [-0.25, -0.2) is 4.98 Å². The van der Waals surface area contributed by atoms with E-state index >= 15 is 0 Å². The van der Waals surface area contributed by atoms with Gasteiger partial charge in [-0.3, -0.25) is 0 Å². The molecule has 1 heterocycles. The maximum atomic E-state index is 6.02. The fourth-order valence-electron chi connectivity index (χ4n) is 2.77. The Bertz CT molecular complexity index is 899. The molecule has 3 rings (SSSR count). The first-order valence-corrected chi connectivity index (χ1v) is 8.64. The van der Waals surface area contributed by atoms with Crippen molar-refractivity contribution in [2.24, 2.45) is 0 Å². The van der Waals surface area contributed by atoms with Crippen molar-refractivity contribution < 1.29 is 18.9 Å². The van der Waals surface area contributed by atoms with Gasteiger partial charge in [0.25, 0.3) is 0 Å². The van der Waals surface area contributed by atoms with E-state index in [0.717, 1.165) is 27.4 Å². The molecular formula is C19H20N2O4S. The lowest BCUT2D eigenvalue weighted by Crippen LogP contribution is -1.96. The molecule has 0 saturated heterocycles. The van der Waals surface area contributed by atoms with Crippen molar-refractivity contribution in [3.63, 3.8) is 0 Å². The van der Waals surface area contributed by atoms with Crippen molar-refractivity contribution >= 4 is 16.5 Å². The number of anilines is 1. The van der Waals surface area contributed by atoms with Gasteiger partial charge >= 0.3 is 0 Å². The Morgan fingerprint density at radius 2 is 1.46 bits per heavy atom. The van der Waals surface area contributed by atoms with E-state index in [2.05, 4.69) is 4.98 Å². The average Bonchev–Trinajstić information content (AvgIpc) is 3.08. The van der Waals surface area contributed by atoms with Gasteiger partial charge in [0.1, 0.15) is 5.75 Å². The molecule has 0 radical (unpaired) electrons. The van der Waals surface area contributed by atoms with Crippen LogP contribution in [0.2, 0.25) is 0 Å². The summed E-state index contributed by atoms with van der Waals surface area (Å²) in [5.74, 6) is 2.40. The van der Waals surface area contributed by atoms with Crippen molar-refractivity contribution in [2.45, 2.75) is 0 Å². The quantitative estimate of drug-likeness (QED) is 0.702. The van der Waals surface area contributed by atoms with Crippen LogP contribution in [0.15, 0.2) is 36.4 Å². The van der Waals surface area contributed by atoms with Gasteiger partial charge in [-0.05, 0) is 24.3 Å². The molecule has 0 fully saturated rings. The predicted molar refractivity (Wildman–Crippen MR) is 104 cm³/mol. The molecule has 7 heteroatoms. The van der Waals surface area contributed by atoms with E-state index < -0.39 is 0 Å². The Morgan fingerprint density at radius 1 is 0.846 bits per heavy atom. The second-order valence-electron chi connectivity index (χ2n) is 5.34. The van der Waals surface area contributed by atoms with Gasteiger partial charge in [0.2, 0.25) is 5.75 Å². The molecule has 0 saturated carbocycles. The van der Waals surface area contributed by atoms with Gasteiger partial charge < -0.3 is 24.7 Å². The lowest BCUT2D eigenvalue weighted by molar-refractivity contribution is 0.324. The van der Waals surface area contributed by atoms with Gasteiger partial charge in [0, 0.05) is 11.1 Å². The number of hydrogen-bond donors (Lipinski definition) is 1. The largest absolute Gasteiger partial charge is 0.496 e. The molecule has 0 atom stereocenters. The molecule has 0 bridgehead atoms. The standard InChI is InChI=1S/C19H20N2O4S/c1-22-13-8-6-5-7-12(13)16-18(26-19(20)21-16)11-9-14(23-2)17(25-4)15(10-11)24-3/h5-10H,1-4H3,(H2,20,21). The lowest BCUT2D eigenvalue weighted by Gasteiger charge is -2.14. The van der Waals surface area contributed by atoms with Crippen LogP contribution in [0.5, 0.6) is 23.0 Å². The van der Waals surface area contributed by atoms with Gasteiger partial charge in [-0.1, -0.05) is 23.5 Å². The maximum Gasteiger partial charge on any atom is 0.203 e. The van der Waals surface area contributed by atoms with E-state index in [1.807, 2.05) is 36.4 Å². The second-order valence-corrected chi connectivity index (χ2v) is 6.37. The molecule has 6 nitrogen and oxygen atoms in total. The molecule has 2 N–H and O–H groups in total. The van der Waals surface area contributed by atoms with Crippen molar-refractivity contribution in [3.8, 4) is 44.7 Å². The number of benzene rings is 2. The third-order valence-electron chi connectivity index (χ3n) is 3.93. The Kier molecular flexibility index (Phi) is 5.18. The zero-order valence-electron chi connectivity index (χ0n) is 15.0. The van der Waals surface area contributed by atoms with E-state index in [9.17, 15) is 0 Å². The number of rotatable bonds is 6. The van der Waals surface area contributed by atoms with Crippen LogP contribution >= 0.6 is 11.3 Å². The maximum absolute atomic E-state index is 6.02. The Hall–Kier alpha value is -2.93. The van der Waals surface area contributed by atoms with Gasteiger partial charge in [-0.15, -0.1) is 0 Å². The van der Waals surface area contributed by atoms with Gasteiger partial charge in [0.05, 0.1) is 39.0 Å². The molecule has 0 aliphatic rings. The zero-order chi connectivity index (χ0) is 18.7. The SMILES string of the molecule is COc1ccccc1-c1nc(N)sc1-c1cc(OC)c(OC)c(OC)c1. The smallest absolute Gasteiger partial charge is 0.203 e. The summed E-state index contributed by atoms with van der Waals surface area (Å²) in [7, 11) is 6.38. The highest BCUT2D eigenvalue weighted by Gasteiger charge is 2.21. The van der Waals surface area contributed by atoms with Crippen LogP contribution in [-0.4, -0.2) is 33.4 Å². The number of ether oxygens (including phenoxy) is 4. The van der Waals surface area contributed by atoms with E-state index in [4.69, 9.17) is 24.7 Å². The highest BCUT2D eigenvalue weighted by Crippen LogP contribution is 2.46. The van der Waals surface area contributed by atoms with Crippen molar-refractivity contribution in [3.05, 3.63) is 36.4 Å². The van der Waals surface area contributed by atoms with Crippen LogP contribution in [0.25, 0.3) is 21.7 Å². The van der Waals surface area contributed by atoms with E-state index in [0.29, 0.717) is 22.4 Å². The molecule has 26 heavy (non-hydrogen) atoms.